The summed E-state index contributed by atoms with van der Waals surface area (Å²) in [6.07, 6.45) is 1.59. The second-order valence-electron chi connectivity index (χ2n) is 5.82. The van der Waals surface area contributed by atoms with Crippen molar-refractivity contribution in [2.75, 3.05) is 18.1 Å². The number of rotatable bonds is 7. The zero-order valence-electron chi connectivity index (χ0n) is 15.4. The molecule has 0 saturated carbocycles. The summed E-state index contributed by atoms with van der Waals surface area (Å²) in [5, 5.41) is 9.51. The first kappa shape index (κ1) is 20.1. The van der Waals surface area contributed by atoms with Gasteiger partial charge in [0.05, 0.1) is 11.6 Å². The molecular weight excluding hydrogens is 386 g/mol. The number of ether oxygens (including phenoxy) is 1. The van der Waals surface area contributed by atoms with Gasteiger partial charge in [-0.25, -0.2) is 9.78 Å². The minimum Gasteiger partial charge on any atom is -0.452 e. The molecule has 1 aromatic heterocycles. The predicted octanol–water partition coefficient (Wildman–Crippen LogP) is 3.95. The number of carbonyl (C=O) groups excluding carboxylic acids is 2. The molecule has 0 N–H and O–H groups in total. The van der Waals surface area contributed by atoms with Gasteiger partial charge < -0.3 is 4.74 Å². The topological polar surface area (TPSA) is 83.3 Å². The molecule has 3 aromatic rings. The van der Waals surface area contributed by atoms with E-state index in [0.717, 1.165) is 4.90 Å². The largest absolute Gasteiger partial charge is 0.452 e. The SMILES string of the molecule is N#CCN(C(=O)COC(=O)c1cccnc1Sc1ccccc1)c1ccccc1. The van der Waals surface area contributed by atoms with E-state index in [1.807, 2.05) is 42.5 Å². The molecule has 0 aliphatic rings. The maximum absolute atomic E-state index is 12.6. The number of benzene rings is 2. The van der Waals surface area contributed by atoms with Crippen molar-refractivity contribution < 1.29 is 14.3 Å². The Morgan fingerprint density at radius 3 is 2.38 bits per heavy atom. The fourth-order valence-corrected chi connectivity index (χ4v) is 3.40. The molecule has 1 amide bonds. The van der Waals surface area contributed by atoms with Crippen molar-refractivity contribution in [2.45, 2.75) is 9.92 Å². The summed E-state index contributed by atoms with van der Waals surface area (Å²) < 4.78 is 5.22. The summed E-state index contributed by atoms with van der Waals surface area (Å²) in [5.41, 5.74) is 0.845. The second-order valence-corrected chi connectivity index (χ2v) is 6.88. The number of para-hydroxylation sites is 1. The van der Waals surface area contributed by atoms with Crippen molar-refractivity contribution in [3.8, 4) is 6.07 Å². The van der Waals surface area contributed by atoms with E-state index < -0.39 is 18.5 Å². The van der Waals surface area contributed by atoms with Gasteiger partial charge in [0.25, 0.3) is 5.91 Å². The number of amides is 1. The Morgan fingerprint density at radius 2 is 1.69 bits per heavy atom. The molecule has 0 spiro atoms. The first-order chi connectivity index (χ1) is 14.2. The van der Waals surface area contributed by atoms with E-state index in [0.29, 0.717) is 10.7 Å². The van der Waals surface area contributed by atoms with E-state index in [4.69, 9.17) is 10.00 Å². The van der Waals surface area contributed by atoms with Crippen LogP contribution in [-0.4, -0.2) is 30.0 Å². The molecule has 0 fully saturated rings. The van der Waals surface area contributed by atoms with Gasteiger partial charge in [-0.05, 0) is 36.4 Å². The normalized spacial score (nSPS) is 10.0. The number of hydrogen-bond acceptors (Lipinski definition) is 6. The number of aromatic nitrogens is 1. The summed E-state index contributed by atoms with van der Waals surface area (Å²) in [4.78, 5) is 31.6. The van der Waals surface area contributed by atoms with Gasteiger partial charge in [0.1, 0.15) is 11.6 Å². The monoisotopic (exact) mass is 403 g/mol. The van der Waals surface area contributed by atoms with Crippen molar-refractivity contribution in [1.29, 1.82) is 5.26 Å². The summed E-state index contributed by atoms with van der Waals surface area (Å²) in [5.74, 6) is -1.12. The fourth-order valence-electron chi connectivity index (χ4n) is 2.51. The van der Waals surface area contributed by atoms with Crippen LogP contribution in [0.3, 0.4) is 0 Å². The zero-order chi connectivity index (χ0) is 20.5. The number of hydrogen-bond donors (Lipinski definition) is 0. The van der Waals surface area contributed by atoms with Crippen LogP contribution in [0.4, 0.5) is 5.69 Å². The van der Waals surface area contributed by atoms with E-state index in [1.165, 1.54) is 16.7 Å². The van der Waals surface area contributed by atoms with Crippen LogP contribution in [0.25, 0.3) is 0 Å². The summed E-state index contributed by atoms with van der Waals surface area (Å²) in [7, 11) is 0. The highest BCUT2D eigenvalue weighted by Crippen LogP contribution is 2.28. The van der Waals surface area contributed by atoms with Crippen LogP contribution in [0.2, 0.25) is 0 Å². The van der Waals surface area contributed by atoms with Crippen LogP contribution in [0.15, 0.2) is 88.9 Å². The quantitative estimate of drug-likeness (QED) is 0.439. The lowest BCUT2D eigenvalue weighted by atomic mass is 10.3. The van der Waals surface area contributed by atoms with Crippen molar-refractivity contribution in [1.82, 2.24) is 4.98 Å². The maximum atomic E-state index is 12.6. The van der Waals surface area contributed by atoms with Crippen molar-refractivity contribution in [3.63, 3.8) is 0 Å². The van der Waals surface area contributed by atoms with E-state index >= 15 is 0 Å². The first-order valence-corrected chi connectivity index (χ1v) is 9.58. The van der Waals surface area contributed by atoms with Crippen LogP contribution in [0.5, 0.6) is 0 Å². The van der Waals surface area contributed by atoms with Crippen LogP contribution < -0.4 is 4.90 Å². The average Bonchev–Trinajstić information content (AvgIpc) is 2.77. The summed E-state index contributed by atoms with van der Waals surface area (Å²) in [6, 6.07) is 23.5. The lowest BCUT2D eigenvalue weighted by Crippen LogP contribution is -2.35. The molecule has 1 heterocycles. The lowest BCUT2D eigenvalue weighted by Gasteiger charge is -2.19. The average molecular weight is 403 g/mol. The van der Waals surface area contributed by atoms with Gasteiger partial charge in [-0.3, -0.25) is 9.69 Å². The van der Waals surface area contributed by atoms with Gasteiger partial charge >= 0.3 is 5.97 Å². The van der Waals surface area contributed by atoms with Gasteiger partial charge in [0, 0.05) is 16.8 Å². The molecule has 29 heavy (non-hydrogen) atoms. The minimum atomic E-state index is -0.644. The van der Waals surface area contributed by atoms with Gasteiger partial charge in [0.15, 0.2) is 6.61 Å². The first-order valence-electron chi connectivity index (χ1n) is 8.76. The van der Waals surface area contributed by atoms with E-state index in [1.54, 1.807) is 42.6 Å². The van der Waals surface area contributed by atoms with Crippen LogP contribution in [0, 0.1) is 11.3 Å². The lowest BCUT2D eigenvalue weighted by molar-refractivity contribution is -0.121. The summed E-state index contributed by atoms with van der Waals surface area (Å²) in [6.45, 7) is -0.609. The summed E-state index contributed by atoms with van der Waals surface area (Å²) >= 11 is 1.34. The minimum absolute atomic E-state index is 0.137. The number of nitrogens with zero attached hydrogens (tertiary/aromatic N) is 3. The standard InChI is InChI=1S/C22H17N3O3S/c23-13-15-25(17-8-3-1-4-9-17)20(26)16-28-22(27)19-12-7-14-24-21(19)29-18-10-5-2-6-11-18/h1-12,14H,15-16H2. The molecule has 0 radical (unpaired) electrons. The molecule has 144 valence electrons. The maximum Gasteiger partial charge on any atom is 0.341 e. The van der Waals surface area contributed by atoms with Gasteiger partial charge in [-0.2, -0.15) is 5.26 Å². The number of pyridine rings is 1. The smallest absolute Gasteiger partial charge is 0.341 e. The van der Waals surface area contributed by atoms with E-state index in [9.17, 15) is 9.59 Å². The van der Waals surface area contributed by atoms with Crippen molar-refractivity contribution >= 4 is 29.3 Å². The molecule has 6 nitrogen and oxygen atoms in total. The molecule has 7 heteroatoms. The van der Waals surface area contributed by atoms with Gasteiger partial charge in [0.2, 0.25) is 0 Å². The Labute approximate surface area is 172 Å². The van der Waals surface area contributed by atoms with Crippen molar-refractivity contribution in [3.05, 3.63) is 84.6 Å². The van der Waals surface area contributed by atoms with Crippen LogP contribution in [-0.2, 0) is 9.53 Å². The highest BCUT2D eigenvalue weighted by molar-refractivity contribution is 7.99. The highest BCUT2D eigenvalue weighted by atomic mass is 32.2. The zero-order valence-corrected chi connectivity index (χ0v) is 16.2. The number of esters is 1. The van der Waals surface area contributed by atoms with Crippen LogP contribution in [0.1, 0.15) is 10.4 Å². The Balaban J connectivity index is 1.69. The van der Waals surface area contributed by atoms with Gasteiger partial charge in [-0.15, -0.1) is 0 Å². The predicted molar refractivity (Wildman–Crippen MR) is 109 cm³/mol. The number of anilines is 1. The molecule has 0 aliphatic heterocycles. The molecule has 2 aromatic carbocycles. The second kappa shape index (κ2) is 10.1. The molecule has 0 saturated heterocycles. The third-order valence-corrected chi connectivity index (χ3v) is 4.90. The Kier molecular flexibility index (Phi) is 6.98. The Morgan fingerprint density at radius 1 is 1.00 bits per heavy atom. The Bertz CT molecular complexity index is 1020. The van der Waals surface area contributed by atoms with Crippen LogP contribution >= 0.6 is 11.8 Å². The molecule has 0 unspecified atom stereocenters. The molecule has 0 bridgehead atoms. The number of carbonyl (C=O) groups is 2. The fraction of sp³-hybridized carbons (Fsp3) is 0.0909. The molecule has 3 rings (SSSR count). The van der Waals surface area contributed by atoms with E-state index in [-0.39, 0.29) is 12.1 Å². The third-order valence-electron chi connectivity index (χ3n) is 3.87. The van der Waals surface area contributed by atoms with Crippen molar-refractivity contribution in [2.24, 2.45) is 0 Å². The van der Waals surface area contributed by atoms with Gasteiger partial charge in [-0.1, -0.05) is 48.2 Å². The third kappa shape index (κ3) is 5.43. The Hall–Kier alpha value is -3.63. The highest BCUT2D eigenvalue weighted by Gasteiger charge is 2.20. The molecule has 0 aliphatic carbocycles. The number of nitriles is 1. The molecule has 0 atom stereocenters. The molecular formula is C22H17N3O3S. The van der Waals surface area contributed by atoms with E-state index in [2.05, 4.69) is 4.98 Å².